The average molecular weight is 376 g/mol. The summed E-state index contributed by atoms with van der Waals surface area (Å²) in [7, 11) is -2.50. The Kier molecular flexibility index (Phi) is 4.41. The molecular weight excluding hydrogens is 349 g/mol. The van der Waals surface area contributed by atoms with Gasteiger partial charge in [0, 0.05) is 38.9 Å². The fourth-order valence-electron chi connectivity index (χ4n) is 4.72. The second-order valence-corrected chi connectivity index (χ2v) is 10.2. The molecular formula is C17H27N7OP+. The first-order valence-electron chi connectivity index (χ1n) is 9.84. The maximum absolute atomic E-state index is 12.2. The van der Waals surface area contributed by atoms with Crippen molar-refractivity contribution in [3.05, 3.63) is 18.3 Å². The Bertz CT molecular complexity index is 755. The van der Waals surface area contributed by atoms with Gasteiger partial charge in [-0.15, -0.1) is 14.4 Å². The molecule has 0 radical (unpaired) electrons. The summed E-state index contributed by atoms with van der Waals surface area (Å²) in [4.78, 5) is 16.7. The van der Waals surface area contributed by atoms with Gasteiger partial charge in [-0.1, -0.05) is 9.88 Å². The second-order valence-electron chi connectivity index (χ2n) is 7.52. The van der Waals surface area contributed by atoms with Crippen molar-refractivity contribution in [3.8, 4) is 0 Å². The normalized spacial score (nSPS) is 26.4. The third-order valence-electron chi connectivity index (χ3n) is 5.98. The smallest absolute Gasteiger partial charge is 0.235 e. The molecule has 1 unspecified atom stereocenters. The van der Waals surface area contributed by atoms with E-state index in [2.05, 4.69) is 29.3 Å². The minimum absolute atomic E-state index is 0.0365. The van der Waals surface area contributed by atoms with Crippen LogP contribution < -0.4 is 0 Å². The number of rotatable bonds is 4. The van der Waals surface area contributed by atoms with E-state index in [0.717, 1.165) is 56.7 Å². The third kappa shape index (κ3) is 2.59. The lowest BCUT2D eigenvalue weighted by atomic mass is 10.3. The predicted octanol–water partition coefficient (Wildman–Crippen LogP) is 2.28. The van der Waals surface area contributed by atoms with Crippen LogP contribution in [0.3, 0.4) is 0 Å². The summed E-state index contributed by atoms with van der Waals surface area (Å²) in [5, 5.41) is 8.73. The minimum atomic E-state index is -2.50. The monoisotopic (exact) mass is 376 g/mol. The lowest BCUT2D eigenvalue weighted by molar-refractivity contribution is 0.211. The Hall–Kier alpha value is -1.18. The topological polar surface area (TPSA) is 73.6 Å². The van der Waals surface area contributed by atoms with E-state index in [1.807, 2.05) is 16.8 Å². The fraction of sp³-hybridized carbons (Fsp3) is 0.706. The second kappa shape index (κ2) is 6.77. The molecule has 8 nitrogen and oxygen atoms in total. The van der Waals surface area contributed by atoms with Gasteiger partial charge in [0.1, 0.15) is 11.7 Å². The molecule has 0 saturated carbocycles. The van der Waals surface area contributed by atoms with E-state index >= 15 is 0 Å². The molecule has 26 heavy (non-hydrogen) atoms. The zero-order valence-corrected chi connectivity index (χ0v) is 16.0. The molecule has 2 aromatic heterocycles. The van der Waals surface area contributed by atoms with Gasteiger partial charge in [-0.05, 0) is 50.7 Å². The molecule has 0 spiro atoms. The molecule has 2 aromatic rings. The number of hydrogen-bond donors (Lipinski definition) is 1. The fourth-order valence-corrected chi connectivity index (χ4v) is 8.35. The Morgan fingerprint density at radius 3 is 2.35 bits per heavy atom. The maximum atomic E-state index is 12.2. The van der Waals surface area contributed by atoms with Crippen molar-refractivity contribution < 1.29 is 4.89 Å². The molecule has 0 amide bonds. The van der Waals surface area contributed by atoms with Crippen LogP contribution >= 0.6 is 7.94 Å². The summed E-state index contributed by atoms with van der Waals surface area (Å²) >= 11 is 0. The lowest BCUT2D eigenvalue weighted by Crippen LogP contribution is -2.44. The summed E-state index contributed by atoms with van der Waals surface area (Å²) in [6.45, 7) is 4.91. The van der Waals surface area contributed by atoms with Crippen molar-refractivity contribution in [2.24, 2.45) is 0 Å². The molecule has 1 N–H and O–H groups in total. The predicted molar refractivity (Wildman–Crippen MR) is 101 cm³/mol. The zero-order valence-electron chi connectivity index (χ0n) is 15.1. The van der Waals surface area contributed by atoms with E-state index in [1.165, 1.54) is 25.7 Å². The average Bonchev–Trinajstić information content (AvgIpc) is 3.48. The largest absolute Gasteiger partial charge is 0.370 e. The molecule has 0 aliphatic carbocycles. The van der Waals surface area contributed by atoms with E-state index in [4.69, 9.17) is 0 Å². The van der Waals surface area contributed by atoms with Gasteiger partial charge in [0.25, 0.3) is 0 Å². The Balaban J connectivity index is 1.54. The van der Waals surface area contributed by atoms with Crippen molar-refractivity contribution in [2.45, 2.75) is 44.7 Å². The van der Waals surface area contributed by atoms with Crippen molar-refractivity contribution in [3.63, 3.8) is 0 Å². The third-order valence-corrected chi connectivity index (χ3v) is 9.45. The van der Waals surface area contributed by atoms with Gasteiger partial charge >= 0.3 is 7.94 Å². The van der Waals surface area contributed by atoms with Crippen LogP contribution in [0.1, 0.15) is 44.7 Å². The van der Waals surface area contributed by atoms with Crippen molar-refractivity contribution >= 4 is 19.1 Å². The Labute approximate surface area is 154 Å². The van der Waals surface area contributed by atoms with Gasteiger partial charge in [-0.25, -0.2) is 9.67 Å². The van der Waals surface area contributed by atoms with Crippen LogP contribution in [0.25, 0.3) is 11.2 Å². The first kappa shape index (κ1) is 17.0. The van der Waals surface area contributed by atoms with Gasteiger partial charge in [0.2, 0.25) is 0 Å². The van der Waals surface area contributed by atoms with Crippen LogP contribution in [0.15, 0.2) is 18.3 Å². The van der Waals surface area contributed by atoms with Crippen LogP contribution in [0, 0.1) is 0 Å². The van der Waals surface area contributed by atoms with E-state index in [9.17, 15) is 4.89 Å². The van der Waals surface area contributed by atoms with Crippen molar-refractivity contribution in [2.75, 3.05) is 32.7 Å². The van der Waals surface area contributed by atoms with E-state index < -0.39 is 7.94 Å². The summed E-state index contributed by atoms with van der Waals surface area (Å²) in [6.07, 6.45) is 8.62. The molecule has 1 atom stereocenters. The molecule has 3 saturated heterocycles. The SMILES string of the molecule is O[P+](N1CCCC1)(N1CCCC1)N1CCCC1n1nnc2cccnc21. The van der Waals surface area contributed by atoms with Crippen LogP contribution in [-0.2, 0) is 0 Å². The first-order valence-corrected chi connectivity index (χ1v) is 11.4. The highest BCUT2D eigenvalue weighted by Crippen LogP contribution is 2.69. The quantitative estimate of drug-likeness (QED) is 0.821. The molecule has 0 aromatic carbocycles. The number of aromatic nitrogens is 4. The number of fused-ring (bicyclic) bond motifs is 1. The Morgan fingerprint density at radius 2 is 1.65 bits per heavy atom. The van der Waals surface area contributed by atoms with Gasteiger partial charge in [0.05, 0.1) is 0 Å². The standard InChI is InChI=1S/C17H27N7OP/c25-26(21-10-1-2-11-21,22-12-3-4-13-22)23-14-6-8-16(23)24-17-15(19-20-24)7-5-9-18-17/h5,7,9,16,25H,1-4,6,8,10-14H2/q+1. The molecule has 3 aliphatic rings. The zero-order chi connectivity index (χ0) is 17.6. The summed E-state index contributed by atoms with van der Waals surface area (Å²) in [6, 6.07) is 3.85. The summed E-state index contributed by atoms with van der Waals surface area (Å²) in [5.41, 5.74) is 1.64. The van der Waals surface area contributed by atoms with Crippen LogP contribution in [0.5, 0.6) is 0 Å². The number of pyridine rings is 1. The van der Waals surface area contributed by atoms with Gasteiger partial charge < -0.3 is 0 Å². The van der Waals surface area contributed by atoms with Gasteiger partial charge in [-0.2, -0.15) is 4.89 Å². The molecule has 140 valence electrons. The Morgan fingerprint density at radius 1 is 0.962 bits per heavy atom. The molecule has 9 heteroatoms. The van der Waals surface area contributed by atoms with E-state index in [1.54, 1.807) is 6.20 Å². The molecule has 5 rings (SSSR count). The number of hydrogen-bond acceptors (Lipinski definition) is 7. The molecule has 3 fully saturated rings. The highest BCUT2D eigenvalue weighted by molar-refractivity contribution is 7.63. The van der Waals surface area contributed by atoms with Crippen LogP contribution in [0.4, 0.5) is 0 Å². The van der Waals surface area contributed by atoms with Gasteiger partial charge in [-0.3, -0.25) is 0 Å². The summed E-state index contributed by atoms with van der Waals surface area (Å²) < 4.78 is 9.05. The van der Waals surface area contributed by atoms with E-state index in [-0.39, 0.29) is 6.17 Å². The summed E-state index contributed by atoms with van der Waals surface area (Å²) in [5.74, 6) is 0. The maximum Gasteiger partial charge on any atom is 0.370 e. The molecule has 3 aliphatic heterocycles. The van der Waals surface area contributed by atoms with Crippen LogP contribution in [-0.4, -0.2) is 71.6 Å². The molecule has 5 heterocycles. The lowest BCUT2D eigenvalue weighted by Gasteiger charge is -2.40. The highest BCUT2D eigenvalue weighted by Gasteiger charge is 2.61. The highest BCUT2D eigenvalue weighted by atomic mass is 31.2. The molecule has 0 bridgehead atoms. The van der Waals surface area contributed by atoms with E-state index in [0.29, 0.717) is 0 Å². The van der Waals surface area contributed by atoms with Gasteiger partial charge in [0.15, 0.2) is 5.65 Å². The van der Waals surface area contributed by atoms with Crippen molar-refractivity contribution in [1.82, 2.24) is 34.0 Å². The minimum Gasteiger partial charge on any atom is -0.235 e. The number of nitrogens with zero attached hydrogens (tertiary/aromatic N) is 7. The van der Waals surface area contributed by atoms with Crippen molar-refractivity contribution in [1.29, 1.82) is 0 Å². The van der Waals surface area contributed by atoms with Crippen LogP contribution in [0.2, 0.25) is 0 Å². The first-order chi connectivity index (χ1) is 12.8.